The molecule has 0 atom stereocenters. The second kappa shape index (κ2) is 6.51. The van der Waals surface area contributed by atoms with Gasteiger partial charge in [0.2, 0.25) is 5.91 Å². The Hall–Kier alpha value is -2.83. The highest BCUT2D eigenvalue weighted by Gasteiger charge is 2.30. The SMILES string of the molecule is COc1cccc(CC(=O)Nc2cnn(C(C)(C)C(=O)O)c2)c1. The molecule has 0 spiro atoms. The van der Waals surface area contributed by atoms with Gasteiger partial charge in [-0.1, -0.05) is 12.1 Å². The van der Waals surface area contributed by atoms with Crippen molar-refractivity contribution in [1.29, 1.82) is 0 Å². The molecule has 23 heavy (non-hydrogen) atoms. The molecule has 2 rings (SSSR count). The molecule has 0 unspecified atom stereocenters. The van der Waals surface area contributed by atoms with E-state index in [1.807, 2.05) is 12.1 Å². The van der Waals surface area contributed by atoms with Crippen molar-refractivity contribution in [2.45, 2.75) is 25.8 Å². The number of anilines is 1. The van der Waals surface area contributed by atoms with Gasteiger partial charge in [0.1, 0.15) is 5.75 Å². The Bertz CT molecular complexity index is 722. The third kappa shape index (κ3) is 3.88. The molecule has 1 aromatic heterocycles. The molecular weight excluding hydrogens is 298 g/mol. The number of benzene rings is 1. The summed E-state index contributed by atoms with van der Waals surface area (Å²) in [5.41, 5.74) is 0.0859. The van der Waals surface area contributed by atoms with Crippen molar-refractivity contribution in [3.63, 3.8) is 0 Å². The van der Waals surface area contributed by atoms with Gasteiger partial charge < -0.3 is 15.2 Å². The fourth-order valence-electron chi connectivity index (χ4n) is 1.96. The van der Waals surface area contributed by atoms with Crippen molar-refractivity contribution in [2.24, 2.45) is 0 Å². The van der Waals surface area contributed by atoms with E-state index in [1.54, 1.807) is 19.2 Å². The number of nitrogens with zero attached hydrogens (tertiary/aromatic N) is 2. The monoisotopic (exact) mass is 317 g/mol. The van der Waals surface area contributed by atoms with Crippen molar-refractivity contribution < 1.29 is 19.4 Å². The highest BCUT2D eigenvalue weighted by atomic mass is 16.5. The standard InChI is InChI=1S/C16H19N3O4/c1-16(2,15(21)22)19-10-12(9-17-19)18-14(20)8-11-5-4-6-13(7-11)23-3/h4-7,9-10H,8H2,1-3H3,(H,18,20)(H,21,22). The van der Waals surface area contributed by atoms with Crippen molar-refractivity contribution in [3.8, 4) is 5.75 Å². The number of carboxylic acids is 1. The zero-order valence-corrected chi connectivity index (χ0v) is 13.2. The molecule has 7 nitrogen and oxygen atoms in total. The number of carbonyl (C=O) groups excluding carboxylic acids is 1. The average molecular weight is 317 g/mol. The highest BCUT2D eigenvalue weighted by Crippen LogP contribution is 2.18. The summed E-state index contributed by atoms with van der Waals surface area (Å²) in [5.74, 6) is -0.535. The first-order valence-electron chi connectivity index (χ1n) is 7.04. The Kier molecular flexibility index (Phi) is 4.68. The molecule has 0 aliphatic rings. The average Bonchev–Trinajstić information content (AvgIpc) is 2.96. The molecular formula is C16H19N3O4. The smallest absolute Gasteiger partial charge is 0.331 e. The van der Waals surface area contributed by atoms with Crippen LogP contribution in [0.2, 0.25) is 0 Å². The summed E-state index contributed by atoms with van der Waals surface area (Å²) < 4.78 is 6.42. The molecule has 0 radical (unpaired) electrons. The van der Waals surface area contributed by atoms with E-state index in [9.17, 15) is 14.7 Å². The maximum atomic E-state index is 12.1. The van der Waals surface area contributed by atoms with Crippen LogP contribution in [-0.4, -0.2) is 33.9 Å². The minimum atomic E-state index is -1.18. The summed E-state index contributed by atoms with van der Waals surface area (Å²) in [4.78, 5) is 23.3. The Morgan fingerprint density at radius 1 is 1.39 bits per heavy atom. The summed E-state index contributed by atoms with van der Waals surface area (Å²) in [6, 6.07) is 7.24. The third-order valence-electron chi connectivity index (χ3n) is 3.46. The molecule has 1 heterocycles. The number of aliphatic carboxylic acids is 1. The summed E-state index contributed by atoms with van der Waals surface area (Å²) in [5, 5.41) is 15.9. The molecule has 2 N–H and O–H groups in total. The van der Waals surface area contributed by atoms with Gasteiger partial charge in [-0.2, -0.15) is 5.10 Å². The molecule has 0 aliphatic heterocycles. The van der Waals surface area contributed by atoms with Crippen LogP contribution in [0.4, 0.5) is 5.69 Å². The van der Waals surface area contributed by atoms with Crippen LogP contribution in [-0.2, 0) is 21.5 Å². The fourth-order valence-corrected chi connectivity index (χ4v) is 1.96. The Balaban J connectivity index is 2.03. The second-order valence-electron chi connectivity index (χ2n) is 5.61. The van der Waals surface area contributed by atoms with E-state index >= 15 is 0 Å². The minimum Gasteiger partial charge on any atom is -0.497 e. The van der Waals surface area contributed by atoms with Crippen molar-refractivity contribution in [1.82, 2.24) is 9.78 Å². The zero-order chi connectivity index (χ0) is 17.0. The molecule has 1 aromatic carbocycles. The van der Waals surface area contributed by atoms with Gasteiger partial charge in [0.25, 0.3) is 0 Å². The van der Waals surface area contributed by atoms with Crippen LogP contribution in [0.3, 0.4) is 0 Å². The van der Waals surface area contributed by atoms with Crippen LogP contribution >= 0.6 is 0 Å². The van der Waals surface area contributed by atoms with Gasteiger partial charge in [-0.3, -0.25) is 9.48 Å². The number of carboxylic acid groups (broad SMARTS) is 1. The van der Waals surface area contributed by atoms with Gasteiger partial charge in [0, 0.05) is 6.20 Å². The zero-order valence-electron chi connectivity index (χ0n) is 13.2. The molecule has 7 heteroatoms. The number of methoxy groups -OCH3 is 1. The van der Waals surface area contributed by atoms with E-state index in [0.717, 1.165) is 5.56 Å². The Morgan fingerprint density at radius 2 is 2.13 bits per heavy atom. The lowest BCUT2D eigenvalue weighted by atomic mass is 10.1. The Labute approximate surface area is 133 Å². The van der Waals surface area contributed by atoms with Crippen LogP contribution in [0.15, 0.2) is 36.7 Å². The number of hydrogen-bond donors (Lipinski definition) is 2. The first kappa shape index (κ1) is 16.5. The van der Waals surface area contributed by atoms with E-state index in [1.165, 1.54) is 30.9 Å². The molecule has 0 saturated carbocycles. The van der Waals surface area contributed by atoms with Gasteiger partial charge in [0.15, 0.2) is 5.54 Å². The Morgan fingerprint density at radius 3 is 2.78 bits per heavy atom. The third-order valence-corrected chi connectivity index (χ3v) is 3.46. The van der Waals surface area contributed by atoms with E-state index in [-0.39, 0.29) is 12.3 Å². The van der Waals surface area contributed by atoms with Crippen LogP contribution in [0.25, 0.3) is 0 Å². The topological polar surface area (TPSA) is 93.5 Å². The number of carbonyl (C=O) groups is 2. The van der Waals surface area contributed by atoms with Crippen LogP contribution in [0.1, 0.15) is 19.4 Å². The van der Waals surface area contributed by atoms with Crippen molar-refractivity contribution in [2.75, 3.05) is 12.4 Å². The van der Waals surface area contributed by atoms with Crippen molar-refractivity contribution >= 4 is 17.6 Å². The predicted molar refractivity (Wildman–Crippen MR) is 84.5 cm³/mol. The largest absolute Gasteiger partial charge is 0.497 e. The minimum absolute atomic E-state index is 0.185. The number of rotatable bonds is 6. The predicted octanol–water partition coefficient (Wildman–Crippen LogP) is 1.89. The fraction of sp³-hybridized carbons (Fsp3) is 0.312. The van der Waals surface area contributed by atoms with E-state index in [4.69, 9.17) is 4.74 Å². The van der Waals surface area contributed by atoms with Gasteiger partial charge in [-0.25, -0.2) is 4.79 Å². The maximum Gasteiger partial charge on any atom is 0.331 e. The maximum absolute atomic E-state index is 12.1. The van der Waals surface area contributed by atoms with E-state index in [0.29, 0.717) is 11.4 Å². The van der Waals surface area contributed by atoms with E-state index < -0.39 is 11.5 Å². The lowest BCUT2D eigenvalue weighted by molar-refractivity contribution is -0.146. The van der Waals surface area contributed by atoms with Gasteiger partial charge in [-0.15, -0.1) is 0 Å². The first-order valence-corrected chi connectivity index (χ1v) is 7.04. The molecule has 0 bridgehead atoms. The number of nitrogens with one attached hydrogen (secondary N) is 1. The van der Waals surface area contributed by atoms with Crippen LogP contribution < -0.4 is 10.1 Å². The van der Waals surface area contributed by atoms with Crippen LogP contribution in [0.5, 0.6) is 5.75 Å². The molecule has 0 saturated heterocycles. The molecule has 0 aliphatic carbocycles. The number of aromatic nitrogens is 2. The van der Waals surface area contributed by atoms with Crippen LogP contribution in [0, 0.1) is 0 Å². The molecule has 122 valence electrons. The normalized spacial score (nSPS) is 11.1. The summed E-state index contributed by atoms with van der Waals surface area (Å²) >= 11 is 0. The summed E-state index contributed by atoms with van der Waals surface area (Å²) in [6.07, 6.45) is 3.11. The van der Waals surface area contributed by atoms with E-state index in [2.05, 4.69) is 10.4 Å². The van der Waals surface area contributed by atoms with Crippen molar-refractivity contribution in [3.05, 3.63) is 42.2 Å². The lowest BCUT2D eigenvalue weighted by Crippen LogP contribution is -2.35. The highest BCUT2D eigenvalue weighted by molar-refractivity contribution is 5.92. The van der Waals surface area contributed by atoms with Gasteiger partial charge in [0.05, 0.1) is 25.4 Å². The van der Waals surface area contributed by atoms with Gasteiger partial charge in [-0.05, 0) is 31.5 Å². The van der Waals surface area contributed by atoms with Gasteiger partial charge >= 0.3 is 5.97 Å². The number of amides is 1. The first-order chi connectivity index (χ1) is 10.8. The number of hydrogen-bond acceptors (Lipinski definition) is 4. The summed E-state index contributed by atoms with van der Waals surface area (Å²) in [7, 11) is 1.57. The molecule has 1 amide bonds. The molecule has 0 fully saturated rings. The second-order valence-corrected chi connectivity index (χ2v) is 5.61. The summed E-state index contributed by atoms with van der Waals surface area (Å²) in [6.45, 7) is 3.06. The lowest BCUT2D eigenvalue weighted by Gasteiger charge is -2.19. The molecule has 2 aromatic rings. The quantitative estimate of drug-likeness (QED) is 0.848. The number of ether oxygens (including phenoxy) is 1.